The molecule has 41 heavy (non-hydrogen) atoms. The second-order valence-electron chi connectivity index (χ2n) is 9.63. The molecule has 0 aliphatic carbocycles. The first kappa shape index (κ1) is 29.1. The molecule has 1 fully saturated rings. The van der Waals surface area contributed by atoms with Crippen molar-refractivity contribution in [2.75, 3.05) is 30.3 Å². The molecule has 0 aromatic heterocycles. The van der Waals surface area contributed by atoms with Crippen molar-refractivity contribution < 1.29 is 17.8 Å². The van der Waals surface area contributed by atoms with Gasteiger partial charge in [-0.3, -0.25) is 14.2 Å². The lowest BCUT2D eigenvalue weighted by Crippen LogP contribution is -2.32. The summed E-state index contributed by atoms with van der Waals surface area (Å²) in [5.74, 6) is -0.426. The van der Waals surface area contributed by atoms with Gasteiger partial charge < -0.3 is 9.80 Å². The Hall–Kier alpha value is -3.44. The van der Waals surface area contributed by atoms with Crippen molar-refractivity contribution in [1.82, 2.24) is 9.80 Å². The molecule has 0 spiro atoms. The Labute approximate surface area is 250 Å². The SMILES string of the molecule is CCN1C(=O)C(=C(C=CC=C2Sc3cc4ccccc4cc3N2CCCS(=O)(=O)O)c2ccccc2)N(CC)C1=S. The quantitative estimate of drug-likeness (QED) is 0.173. The van der Waals surface area contributed by atoms with E-state index in [1.54, 1.807) is 16.7 Å². The van der Waals surface area contributed by atoms with Gasteiger partial charge in [0.15, 0.2) is 5.11 Å². The van der Waals surface area contributed by atoms with Gasteiger partial charge in [0.2, 0.25) is 0 Å². The minimum atomic E-state index is -4.06. The first-order valence-corrected chi connectivity index (χ1v) is 16.3. The fourth-order valence-corrected chi connectivity index (χ4v) is 7.16. The maximum Gasteiger partial charge on any atom is 0.277 e. The maximum absolute atomic E-state index is 13.5. The molecule has 0 atom stereocenters. The number of amides is 1. The number of hydrogen-bond donors (Lipinski definition) is 1. The minimum Gasteiger partial charge on any atom is -0.335 e. The van der Waals surface area contributed by atoms with Crippen molar-refractivity contribution in [3.05, 3.63) is 101 Å². The fraction of sp³-hybridized carbons (Fsp3) is 0.226. The highest BCUT2D eigenvalue weighted by molar-refractivity contribution is 8.03. The molecule has 0 radical (unpaired) electrons. The molecule has 2 aliphatic rings. The van der Waals surface area contributed by atoms with E-state index in [1.807, 2.05) is 79.4 Å². The molecule has 1 saturated heterocycles. The van der Waals surface area contributed by atoms with Crippen LogP contribution in [0.15, 0.2) is 101 Å². The molecule has 0 saturated carbocycles. The zero-order valence-corrected chi connectivity index (χ0v) is 25.3. The monoisotopic (exact) mass is 605 g/mol. The Bertz CT molecular complexity index is 1700. The third-order valence-corrected chi connectivity index (χ3v) is 9.39. The molecule has 1 N–H and O–H groups in total. The number of carbonyl (C=O) groups is 1. The van der Waals surface area contributed by atoms with Gasteiger partial charge in [-0.2, -0.15) is 8.42 Å². The number of fused-ring (bicyclic) bond motifs is 2. The van der Waals surface area contributed by atoms with E-state index in [-0.39, 0.29) is 18.1 Å². The first-order chi connectivity index (χ1) is 19.7. The lowest BCUT2D eigenvalue weighted by Gasteiger charge is -2.20. The average molecular weight is 606 g/mol. The van der Waals surface area contributed by atoms with Crippen molar-refractivity contribution in [3.63, 3.8) is 0 Å². The lowest BCUT2D eigenvalue weighted by molar-refractivity contribution is -0.122. The minimum absolute atomic E-state index is 0.114. The van der Waals surface area contributed by atoms with E-state index < -0.39 is 10.1 Å². The number of benzene rings is 3. The van der Waals surface area contributed by atoms with Gasteiger partial charge in [0.1, 0.15) is 5.70 Å². The molecule has 0 unspecified atom stereocenters. The number of thiocarbonyl (C=S) groups is 1. The van der Waals surface area contributed by atoms with E-state index in [0.29, 0.717) is 30.4 Å². The summed E-state index contributed by atoms with van der Waals surface area (Å²) in [6.07, 6.45) is 6.13. The van der Waals surface area contributed by atoms with Gasteiger partial charge in [-0.1, -0.05) is 78.5 Å². The summed E-state index contributed by atoms with van der Waals surface area (Å²) < 4.78 is 32.1. The van der Waals surface area contributed by atoms with Gasteiger partial charge in [0.25, 0.3) is 16.0 Å². The number of carbonyl (C=O) groups excluding carboxylic acids is 1. The predicted octanol–water partition coefficient (Wildman–Crippen LogP) is 6.31. The molecule has 7 nitrogen and oxygen atoms in total. The van der Waals surface area contributed by atoms with Crippen molar-refractivity contribution >= 4 is 67.2 Å². The summed E-state index contributed by atoms with van der Waals surface area (Å²) in [4.78, 5) is 20.1. The first-order valence-electron chi connectivity index (χ1n) is 13.5. The molecule has 212 valence electrons. The number of anilines is 1. The van der Waals surface area contributed by atoms with Crippen LogP contribution in [-0.2, 0) is 14.9 Å². The van der Waals surface area contributed by atoms with Gasteiger partial charge in [0, 0.05) is 30.1 Å². The number of nitrogens with zero attached hydrogens (tertiary/aromatic N) is 3. The lowest BCUT2D eigenvalue weighted by atomic mass is 10.0. The second-order valence-corrected chi connectivity index (χ2v) is 12.6. The molecule has 0 bridgehead atoms. The molecule has 1 amide bonds. The topological polar surface area (TPSA) is 81.2 Å². The molecule has 10 heteroatoms. The third kappa shape index (κ3) is 6.11. The summed E-state index contributed by atoms with van der Waals surface area (Å²) in [7, 11) is -4.06. The average Bonchev–Trinajstić information content (AvgIpc) is 3.41. The molecule has 3 aromatic carbocycles. The van der Waals surface area contributed by atoms with Crippen molar-refractivity contribution in [2.24, 2.45) is 0 Å². The van der Waals surface area contributed by atoms with E-state index in [0.717, 1.165) is 37.5 Å². The van der Waals surface area contributed by atoms with Crippen LogP contribution in [0.5, 0.6) is 0 Å². The fourth-order valence-electron chi connectivity index (χ4n) is 5.11. The zero-order valence-electron chi connectivity index (χ0n) is 22.9. The van der Waals surface area contributed by atoms with Crippen LogP contribution < -0.4 is 4.90 Å². The highest BCUT2D eigenvalue weighted by Gasteiger charge is 2.38. The van der Waals surface area contributed by atoms with Crippen LogP contribution in [0.4, 0.5) is 5.69 Å². The van der Waals surface area contributed by atoms with Crippen LogP contribution in [0.2, 0.25) is 0 Å². The van der Waals surface area contributed by atoms with E-state index >= 15 is 0 Å². The van der Waals surface area contributed by atoms with Crippen molar-refractivity contribution in [3.8, 4) is 0 Å². The summed E-state index contributed by atoms with van der Waals surface area (Å²) >= 11 is 7.24. The number of hydrogen-bond acceptors (Lipinski definition) is 6. The van der Waals surface area contributed by atoms with Gasteiger partial charge >= 0.3 is 0 Å². The summed E-state index contributed by atoms with van der Waals surface area (Å²) in [6.45, 7) is 5.38. The zero-order chi connectivity index (χ0) is 29.1. The molecule has 3 aromatic rings. The number of rotatable bonds is 9. The van der Waals surface area contributed by atoms with Crippen LogP contribution in [-0.4, -0.2) is 59.2 Å². The smallest absolute Gasteiger partial charge is 0.277 e. The Morgan fingerprint density at radius 2 is 1.61 bits per heavy atom. The van der Waals surface area contributed by atoms with Gasteiger partial charge in [-0.05, 0) is 67.0 Å². The van der Waals surface area contributed by atoms with E-state index in [2.05, 4.69) is 29.2 Å². The Kier molecular flexibility index (Phi) is 8.65. The Morgan fingerprint density at radius 1 is 0.951 bits per heavy atom. The molecule has 2 aliphatic heterocycles. The number of thioether (sulfide) groups is 1. The maximum atomic E-state index is 13.5. The van der Waals surface area contributed by atoms with Gasteiger partial charge in [-0.25, -0.2) is 0 Å². The highest BCUT2D eigenvalue weighted by Crippen LogP contribution is 2.47. The number of likely N-dealkylation sites (N-methyl/N-ethyl adjacent to an activating group) is 2. The van der Waals surface area contributed by atoms with Crippen LogP contribution in [0.25, 0.3) is 16.3 Å². The second kappa shape index (κ2) is 12.2. The Balaban J connectivity index is 1.55. The van der Waals surface area contributed by atoms with Crippen LogP contribution >= 0.6 is 24.0 Å². The highest BCUT2D eigenvalue weighted by atomic mass is 32.2. The largest absolute Gasteiger partial charge is 0.335 e. The molecule has 2 heterocycles. The molecular weight excluding hydrogens is 575 g/mol. The van der Waals surface area contributed by atoms with Gasteiger partial charge in [0.05, 0.1) is 16.5 Å². The summed E-state index contributed by atoms with van der Waals surface area (Å²) in [5.41, 5.74) is 3.23. The van der Waals surface area contributed by atoms with E-state index in [1.165, 1.54) is 0 Å². The van der Waals surface area contributed by atoms with Gasteiger partial charge in [-0.15, -0.1) is 0 Å². The van der Waals surface area contributed by atoms with Crippen LogP contribution in [0.3, 0.4) is 0 Å². The van der Waals surface area contributed by atoms with E-state index in [9.17, 15) is 17.8 Å². The third-order valence-electron chi connectivity index (χ3n) is 7.04. The summed E-state index contributed by atoms with van der Waals surface area (Å²) in [6, 6.07) is 22.2. The Morgan fingerprint density at radius 3 is 2.27 bits per heavy atom. The van der Waals surface area contributed by atoms with Crippen molar-refractivity contribution in [1.29, 1.82) is 0 Å². The summed E-state index contributed by atoms with van der Waals surface area (Å²) in [5, 5.41) is 3.65. The van der Waals surface area contributed by atoms with E-state index in [4.69, 9.17) is 12.2 Å². The van der Waals surface area contributed by atoms with Crippen molar-refractivity contribution in [2.45, 2.75) is 25.2 Å². The number of allylic oxidation sites excluding steroid dienone is 4. The standard InChI is InChI=1S/C31H31N3O4S3/c1-3-32-29(30(35)33(4-2)31(32)39)25(22-12-6-5-7-13-22)16-10-17-28-34(18-11-19-41(36,37)38)26-20-23-14-8-9-15-24(23)21-27(26)40-28/h5-10,12-17,20-21H,3-4,11,18-19H2,1-2H3,(H,36,37,38). The van der Waals surface area contributed by atoms with Crippen LogP contribution in [0, 0.1) is 0 Å². The van der Waals surface area contributed by atoms with Crippen LogP contribution in [0.1, 0.15) is 25.8 Å². The predicted molar refractivity (Wildman–Crippen MR) is 171 cm³/mol. The normalized spacial score (nSPS) is 17.9. The molecular formula is C31H31N3O4S3. The molecule has 5 rings (SSSR count).